The predicted octanol–water partition coefficient (Wildman–Crippen LogP) is 5.33. The number of benzene rings is 2. The standard InChI is InChI=1S/C26H29F2NO6/c1-3-15-34-24(31)7-5-4-6-18(2)25(19-8-11-21(12-9-19)33-16-14-30)35-26(32)29-23-13-10-20(27)17-22(23)28/h3,5,7-13,17-18,25,30H,1,4,6,14-16H2,2H3,(H,29,32)/b7-5+/t18-,25-/m0/s1. The largest absolute Gasteiger partial charge is 0.491 e. The van der Waals surface area contributed by atoms with Gasteiger partial charge in [0.15, 0.2) is 0 Å². The van der Waals surface area contributed by atoms with Crippen molar-refractivity contribution in [2.75, 3.05) is 25.1 Å². The Hall–Kier alpha value is -3.72. The van der Waals surface area contributed by atoms with E-state index >= 15 is 0 Å². The molecule has 0 aromatic heterocycles. The first-order valence-electron chi connectivity index (χ1n) is 11.0. The number of aliphatic hydroxyl groups is 1. The van der Waals surface area contributed by atoms with Crippen LogP contribution in [0.3, 0.4) is 0 Å². The Balaban J connectivity index is 2.10. The van der Waals surface area contributed by atoms with Crippen LogP contribution in [0.5, 0.6) is 5.75 Å². The SMILES string of the molecule is C=CCOC(=O)/C=C/CC[C@H](C)[C@H](OC(=O)Nc1ccc(F)cc1F)c1ccc(OCCO)cc1. The molecule has 2 aromatic carbocycles. The zero-order valence-electron chi connectivity index (χ0n) is 19.4. The molecule has 0 aliphatic heterocycles. The van der Waals surface area contributed by atoms with E-state index < -0.39 is 29.8 Å². The molecule has 0 fully saturated rings. The van der Waals surface area contributed by atoms with Crippen molar-refractivity contribution in [1.82, 2.24) is 0 Å². The molecule has 2 atom stereocenters. The molecule has 9 heteroatoms. The summed E-state index contributed by atoms with van der Waals surface area (Å²) in [4.78, 5) is 24.1. The number of carbonyl (C=O) groups is 2. The van der Waals surface area contributed by atoms with E-state index in [9.17, 15) is 18.4 Å². The second-order valence-corrected chi connectivity index (χ2v) is 7.59. The van der Waals surface area contributed by atoms with E-state index in [0.717, 1.165) is 12.1 Å². The van der Waals surface area contributed by atoms with Gasteiger partial charge >= 0.3 is 12.1 Å². The third-order valence-corrected chi connectivity index (χ3v) is 4.87. The van der Waals surface area contributed by atoms with Crippen LogP contribution in [0.25, 0.3) is 0 Å². The highest BCUT2D eigenvalue weighted by Gasteiger charge is 2.24. The summed E-state index contributed by atoms with van der Waals surface area (Å²) in [6, 6.07) is 9.60. The Bertz CT molecular complexity index is 1010. The van der Waals surface area contributed by atoms with Crippen LogP contribution in [-0.2, 0) is 14.3 Å². The van der Waals surface area contributed by atoms with Crippen LogP contribution in [0.4, 0.5) is 19.3 Å². The molecular formula is C26H29F2NO6. The normalized spacial score (nSPS) is 12.6. The van der Waals surface area contributed by atoms with E-state index in [4.69, 9.17) is 19.3 Å². The fraction of sp³-hybridized carbons (Fsp3) is 0.308. The molecule has 0 saturated carbocycles. The van der Waals surface area contributed by atoms with Gasteiger partial charge in [-0.3, -0.25) is 5.32 Å². The number of ether oxygens (including phenoxy) is 3. The van der Waals surface area contributed by atoms with Crippen molar-refractivity contribution < 1.29 is 37.7 Å². The van der Waals surface area contributed by atoms with Crippen molar-refractivity contribution in [2.45, 2.75) is 25.9 Å². The second kappa shape index (κ2) is 14.5. The maximum atomic E-state index is 13.9. The van der Waals surface area contributed by atoms with Crippen molar-refractivity contribution in [2.24, 2.45) is 5.92 Å². The molecule has 188 valence electrons. The summed E-state index contributed by atoms with van der Waals surface area (Å²) in [5.74, 6) is -1.84. The molecule has 1 amide bonds. The highest BCUT2D eigenvalue weighted by molar-refractivity contribution is 5.85. The van der Waals surface area contributed by atoms with E-state index in [1.807, 2.05) is 6.92 Å². The van der Waals surface area contributed by atoms with Crippen molar-refractivity contribution in [3.63, 3.8) is 0 Å². The number of nitrogens with one attached hydrogen (secondary N) is 1. The zero-order valence-corrected chi connectivity index (χ0v) is 19.4. The minimum absolute atomic E-state index is 0.122. The molecule has 2 rings (SSSR count). The summed E-state index contributed by atoms with van der Waals surface area (Å²) < 4.78 is 42.9. The molecule has 0 unspecified atom stereocenters. The molecule has 2 N–H and O–H groups in total. The van der Waals surface area contributed by atoms with E-state index in [1.54, 1.807) is 30.3 Å². The van der Waals surface area contributed by atoms with E-state index in [2.05, 4.69) is 11.9 Å². The van der Waals surface area contributed by atoms with E-state index in [-0.39, 0.29) is 31.4 Å². The van der Waals surface area contributed by atoms with Crippen molar-refractivity contribution in [1.29, 1.82) is 0 Å². The van der Waals surface area contributed by atoms with Crippen LogP contribution >= 0.6 is 0 Å². The Kier molecular flexibility index (Phi) is 11.4. The third kappa shape index (κ3) is 9.58. The zero-order chi connectivity index (χ0) is 25.6. The number of esters is 1. The number of amides is 1. The Labute approximate surface area is 203 Å². The van der Waals surface area contributed by atoms with E-state index in [0.29, 0.717) is 30.2 Å². The van der Waals surface area contributed by atoms with Gasteiger partial charge in [0.25, 0.3) is 0 Å². The molecule has 0 spiro atoms. The molecular weight excluding hydrogens is 460 g/mol. The Morgan fingerprint density at radius 2 is 1.91 bits per heavy atom. The fourth-order valence-corrected chi connectivity index (χ4v) is 3.15. The fourth-order valence-electron chi connectivity index (χ4n) is 3.15. The molecule has 0 saturated heterocycles. The van der Waals surface area contributed by atoms with Gasteiger partial charge in [-0.05, 0) is 48.6 Å². The average Bonchev–Trinajstić information content (AvgIpc) is 2.84. The van der Waals surface area contributed by atoms with Gasteiger partial charge in [-0.1, -0.05) is 37.8 Å². The van der Waals surface area contributed by atoms with Gasteiger partial charge in [-0.2, -0.15) is 0 Å². The smallest absolute Gasteiger partial charge is 0.412 e. The minimum Gasteiger partial charge on any atom is -0.491 e. The molecule has 2 aromatic rings. The van der Waals surface area contributed by atoms with Gasteiger partial charge < -0.3 is 19.3 Å². The lowest BCUT2D eigenvalue weighted by molar-refractivity contribution is -0.136. The quantitative estimate of drug-likeness (QED) is 0.225. The number of halogens is 2. The van der Waals surface area contributed by atoms with Crippen LogP contribution in [0.2, 0.25) is 0 Å². The molecule has 0 aliphatic rings. The molecule has 7 nitrogen and oxygen atoms in total. The summed E-state index contributed by atoms with van der Waals surface area (Å²) in [6.45, 7) is 5.48. The van der Waals surface area contributed by atoms with Gasteiger partial charge in [-0.25, -0.2) is 18.4 Å². The first-order valence-corrected chi connectivity index (χ1v) is 11.0. The number of rotatable bonds is 13. The number of hydrogen-bond donors (Lipinski definition) is 2. The average molecular weight is 490 g/mol. The van der Waals surface area contributed by atoms with Crippen LogP contribution in [-0.4, -0.2) is 37.0 Å². The van der Waals surface area contributed by atoms with Crippen LogP contribution < -0.4 is 10.1 Å². The summed E-state index contributed by atoms with van der Waals surface area (Å²) >= 11 is 0. The maximum Gasteiger partial charge on any atom is 0.412 e. The number of hydrogen-bond acceptors (Lipinski definition) is 6. The highest BCUT2D eigenvalue weighted by Crippen LogP contribution is 2.31. The molecule has 0 heterocycles. The topological polar surface area (TPSA) is 94.1 Å². The first kappa shape index (κ1) is 27.5. The molecule has 0 radical (unpaired) electrons. The maximum absolute atomic E-state index is 13.9. The first-order chi connectivity index (χ1) is 16.8. The van der Waals surface area contributed by atoms with Crippen molar-refractivity contribution in [3.05, 3.63) is 84.5 Å². The van der Waals surface area contributed by atoms with Crippen molar-refractivity contribution in [3.8, 4) is 5.75 Å². The lowest BCUT2D eigenvalue weighted by Gasteiger charge is -2.25. The predicted molar refractivity (Wildman–Crippen MR) is 127 cm³/mol. The van der Waals surface area contributed by atoms with Gasteiger partial charge in [0, 0.05) is 12.1 Å². The molecule has 0 bridgehead atoms. The van der Waals surface area contributed by atoms with Gasteiger partial charge in [-0.15, -0.1) is 0 Å². The van der Waals surface area contributed by atoms with Gasteiger partial charge in [0.2, 0.25) is 0 Å². The number of aliphatic hydroxyl groups excluding tert-OH is 1. The summed E-state index contributed by atoms with van der Waals surface area (Å²) in [5.41, 5.74) is 0.453. The summed E-state index contributed by atoms with van der Waals surface area (Å²) in [5, 5.41) is 11.2. The van der Waals surface area contributed by atoms with Crippen molar-refractivity contribution >= 4 is 17.7 Å². The Morgan fingerprint density at radius 3 is 2.57 bits per heavy atom. The van der Waals surface area contributed by atoms with Crippen LogP contribution in [0, 0.1) is 17.6 Å². The molecule has 0 aliphatic carbocycles. The third-order valence-electron chi connectivity index (χ3n) is 4.87. The van der Waals surface area contributed by atoms with Crippen LogP contribution in [0.1, 0.15) is 31.4 Å². The lowest BCUT2D eigenvalue weighted by atomic mass is 9.93. The van der Waals surface area contributed by atoms with Crippen LogP contribution in [0.15, 0.2) is 67.3 Å². The minimum atomic E-state index is -0.926. The Morgan fingerprint density at radius 1 is 1.17 bits per heavy atom. The second-order valence-electron chi connectivity index (χ2n) is 7.59. The summed E-state index contributed by atoms with van der Waals surface area (Å²) in [6.07, 6.45) is 3.90. The van der Waals surface area contributed by atoms with Gasteiger partial charge in [0.1, 0.15) is 36.7 Å². The number of carbonyl (C=O) groups excluding carboxylic acids is 2. The number of anilines is 1. The summed E-state index contributed by atoms with van der Waals surface area (Å²) in [7, 11) is 0. The number of allylic oxidation sites excluding steroid dienone is 1. The monoisotopic (exact) mass is 489 g/mol. The van der Waals surface area contributed by atoms with Gasteiger partial charge in [0.05, 0.1) is 12.3 Å². The molecule has 35 heavy (non-hydrogen) atoms. The highest BCUT2D eigenvalue weighted by atomic mass is 19.1. The van der Waals surface area contributed by atoms with E-state index in [1.165, 1.54) is 12.2 Å². The lowest BCUT2D eigenvalue weighted by Crippen LogP contribution is -2.22.